The number of carbonyl (C=O) groups is 2. The Kier molecular flexibility index (Phi) is 7.05. The van der Waals surface area contributed by atoms with E-state index in [1.807, 2.05) is 0 Å². The lowest BCUT2D eigenvalue weighted by atomic mass is 10.1. The minimum absolute atomic E-state index is 0.0608. The number of hydrogen-bond donors (Lipinski definition) is 1. The van der Waals surface area contributed by atoms with Gasteiger partial charge in [-0.3, -0.25) is 9.69 Å². The van der Waals surface area contributed by atoms with E-state index in [0.29, 0.717) is 22.6 Å². The van der Waals surface area contributed by atoms with Gasteiger partial charge in [0.05, 0.1) is 17.6 Å². The van der Waals surface area contributed by atoms with Crippen LogP contribution in [0.25, 0.3) is 0 Å². The Morgan fingerprint density at radius 2 is 1.62 bits per heavy atom. The largest absolute Gasteiger partial charge is 0.452 e. The molecule has 0 bridgehead atoms. The molecule has 3 rings (SSSR count). The van der Waals surface area contributed by atoms with E-state index in [9.17, 15) is 18.0 Å². The predicted molar refractivity (Wildman–Crippen MR) is 124 cm³/mol. The Labute approximate surface area is 188 Å². The molecule has 0 atom stereocenters. The minimum atomic E-state index is -3.69. The van der Waals surface area contributed by atoms with E-state index in [2.05, 4.69) is 10.2 Å². The van der Waals surface area contributed by atoms with Gasteiger partial charge >= 0.3 is 6.09 Å². The molecule has 0 aromatic heterocycles. The third-order valence-electron chi connectivity index (χ3n) is 5.40. The molecule has 172 valence electrons. The highest BCUT2D eigenvalue weighted by molar-refractivity contribution is 7.89. The Balaban J connectivity index is 1.91. The van der Waals surface area contributed by atoms with Crippen LogP contribution in [0.5, 0.6) is 0 Å². The number of hydrogen-bond acceptors (Lipinski definition) is 6. The van der Waals surface area contributed by atoms with Gasteiger partial charge in [0.1, 0.15) is 0 Å². The first kappa shape index (κ1) is 23.6. The second kappa shape index (κ2) is 9.58. The zero-order chi connectivity index (χ0) is 23.5. The highest BCUT2D eigenvalue weighted by atomic mass is 32.2. The van der Waals surface area contributed by atoms with Crippen molar-refractivity contribution in [2.45, 2.75) is 17.7 Å². The summed E-state index contributed by atoms with van der Waals surface area (Å²) in [5.41, 5.74) is 2.13. The van der Waals surface area contributed by atoms with E-state index in [0.717, 1.165) is 30.2 Å². The molecule has 1 N–H and O–H groups in total. The number of carbonyl (C=O) groups excluding carboxylic acids is 2. The molecule has 1 fully saturated rings. The van der Waals surface area contributed by atoms with Gasteiger partial charge in [-0.05, 0) is 55.3 Å². The van der Waals surface area contributed by atoms with Crippen LogP contribution in [-0.4, -0.2) is 66.1 Å². The molecule has 1 aliphatic rings. The number of amides is 2. The smallest absolute Gasteiger partial charge is 0.413 e. The van der Waals surface area contributed by atoms with Crippen molar-refractivity contribution in [1.82, 2.24) is 4.31 Å². The molecule has 0 spiro atoms. The standard InChI is InChI=1S/C22H28N4O5S/c1-24(2)32(29,30)18-11-12-20(26-13-5-6-14-26)19(15-18)21(27)23-16-7-9-17(10-8-16)25(3)22(28)31-4/h7-12,15H,5-6,13-14H2,1-4H3,(H,23,27). The topological polar surface area (TPSA) is 99.3 Å². The van der Waals surface area contributed by atoms with Crippen LogP contribution < -0.4 is 15.1 Å². The maximum absolute atomic E-state index is 13.2. The molecule has 9 nitrogen and oxygen atoms in total. The van der Waals surface area contributed by atoms with E-state index in [4.69, 9.17) is 4.74 Å². The first-order valence-corrected chi connectivity index (χ1v) is 11.6. The third kappa shape index (κ3) is 4.86. The van der Waals surface area contributed by atoms with Gasteiger partial charge in [0.15, 0.2) is 0 Å². The van der Waals surface area contributed by atoms with Crippen LogP contribution in [0.15, 0.2) is 47.4 Å². The SMILES string of the molecule is COC(=O)N(C)c1ccc(NC(=O)c2cc(S(=O)(=O)N(C)C)ccc2N2CCCC2)cc1. The predicted octanol–water partition coefficient (Wildman–Crippen LogP) is 2.99. The Hall–Kier alpha value is -3.11. The van der Waals surface area contributed by atoms with Gasteiger partial charge < -0.3 is 15.0 Å². The highest BCUT2D eigenvalue weighted by Gasteiger charge is 2.24. The summed E-state index contributed by atoms with van der Waals surface area (Å²) in [5.74, 6) is -0.406. The second-order valence-electron chi connectivity index (χ2n) is 7.69. The number of benzene rings is 2. The lowest BCUT2D eigenvalue weighted by Crippen LogP contribution is -2.26. The van der Waals surface area contributed by atoms with Crippen molar-refractivity contribution in [1.29, 1.82) is 0 Å². The van der Waals surface area contributed by atoms with E-state index in [1.165, 1.54) is 38.2 Å². The van der Waals surface area contributed by atoms with Crippen LogP contribution in [0.2, 0.25) is 0 Å². The first-order valence-electron chi connectivity index (χ1n) is 10.2. The van der Waals surface area contributed by atoms with Crippen LogP contribution in [0.3, 0.4) is 0 Å². The van der Waals surface area contributed by atoms with Crippen LogP contribution >= 0.6 is 0 Å². The maximum atomic E-state index is 13.2. The monoisotopic (exact) mass is 460 g/mol. The molecule has 0 unspecified atom stereocenters. The van der Waals surface area contributed by atoms with Gasteiger partial charge in [-0.25, -0.2) is 17.5 Å². The van der Waals surface area contributed by atoms with Crippen molar-refractivity contribution in [3.05, 3.63) is 48.0 Å². The minimum Gasteiger partial charge on any atom is -0.452 e. The number of anilines is 3. The molecule has 10 heteroatoms. The van der Waals surface area contributed by atoms with Crippen molar-refractivity contribution in [3.8, 4) is 0 Å². The molecule has 2 aromatic carbocycles. The zero-order valence-corrected chi connectivity index (χ0v) is 19.5. The van der Waals surface area contributed by atoms with Gasteiger partial charge in [-0.1, -0.05) is 0 Å². The van der Waals surface area contributed by atoms with Gasteiger partial charge in [0, 0.05) is 51.3 Å². The lowest BCUT2D eigenvalue weighted by Gasteiger charge is -2.22. The van der Waals surface area contributed by atoms with E-state index >= 15 is 0 Å². The summed E-state index contributed by atoms with van der Waals surface area (Å²) in [6, 6.07) is 11.4. The Bertz CT molecular complexity index is 1090. The summed E-state index contributed by atoms with van der Waals surface area (Å²) in [6.45, 7) is 1.63. The van der Waals surface area contributed by atoms with Crippen LogP contribution in [0.4, 0.5) is 21.9 Å². The lowest BCUT2D eigenvalue weighted by molar-refractivity contribution is 0.102. The normalized spacial score (nSPS) is 13.8. The molecule has 1 heterocycles. The number of ether oxygens (including phenoxy) is 1. The molecule has 1 saturated heterocycles. The molecular formula is C22H28N4O5S. The summed E-state index contributed by atoms with van der Waals surface area (Å²) in [7, 11) is 2.11. The average molecular weight is 461 g/mol. The van der Waals surface area contributed by atoms with Gasteiger partial charge in [-0.2, -0.15) is 0 Å². The van der Waals surface area contributed by atoms with Crippen molar-refractivity contribution in [2.75, 3.05) is 56.5 Å². The zero-order valence-electron chi connectivity index (χ0n) is 18.7. The van der Waals surface area contributed by atoms with Crippen LogP contribution in [0, 0.1) is 0 Å². The summed E-state index contributed by atoms with van der Waals surface area (Å²) < 4.78 is 31.1. The fourth-order valence-corrected chi connectivity index (χ4v) is 4.44. The quantitative estimate of drug-likeness (QED) is 0.712. The van der Waals surface area contributed by atoms with Gasteiger partial charge in [0.25, 0.3) is 5.91 Å². The van der Waals surface area contributed by atoms with Crippen molar-refractivity contribution >= 4 is 39.1 Å². The molecule has 2 aromatic rings. The summed E-state index contributed by atoms with van der Waals surface area (Å²) in [6.07, 6.45) is 1.54. The van der Waals surface area contributed by atoms with Crippen molar-refractivity contribution in [3.63, 3.8) is 0 Å². The number of nitrogens with one attached hydrogen (secondary N) is 1. The molecule has 0 aliphatic carbocycles. The fourth-order valence-electron chi connectivity index (χ4n) is 3.51. The molecule has 0 radical (unpaired) electrons. The molecule has 1 aliphatic heterocycles. The fraction of sp³-hybridized carbons (Fsp3) is 0.364. The van der Waals surface area contributed by atoms with E-state index in [-0.39, 0.29) is 4.90 Å². The van der Waals surface area contributed by atoms with Crippen molar-refractivity contribution < 1.29 is 22.7 Å². The molecular weight excluding hydrogens is 432 g/mol. The summed E-state index contributed by atoms with van der Waals surface area (Å²) in [5, 5.41) is 2.83. The second-order valence-corrected chi connectivity index (χ2v) is 9.84. The number of rotatable bonds is 6. The summed E-state index contributed by atoms with van der Waals surface area (Å²) in [4.78, 5) is 28.3. The number of nitrogens with zero attached hydrogens (tertiary/aromatic N) is 3. The molecule has 32 heavy (non-hydrogen) atoms. The summed E-state index contributed by atoms with van der Waals surface area (Å²) >= 11 is 0. The number of methoxy groups -OCH3 is 1. The van der Waals surface area contributed by atoms with Crippen LogP contribution in [0.1, 0.15) is 23.2 Å². The van der Waals surface area contributed by atoms with Crippen molar-refractivity contribution in [2.24, 2.45) is 0 Å². The Morgan fingerprint density at radius 1 is 1.00 bits per heavy atom. The Morgan fingerprint density at radius 3 is 2.19 bits per heavy atom. The first-order chi connectivity index (χ1) is 15.1. The van der Waals surface area contributed by atoms with Gasteiger partial charge in [-0.15, -0.1) is 0 Å². The molecule has 0 saturated carbocycles. The third-order valence-corrected chi connectivity index (χ3v) is 7.21. The van der Waals surface area contributed by atoms with Crippen LogP contribution in [-0.2, 0) is 14.8 Å². The highest BCUT2D eigenvalue weighted by Crippen LogP contribution is 2.29. The van der Waals surface area contributed by atoms with E-state index < -0.39 is 22.0 Å². The van der Waals surface area contributed by atoms with Gasteiger partial charge in [0.2, 0.25) is 10.0 Å². The average Bonchev–Trinajstić information content (AvgIpc) is 3.32. The number of sulfonamides is 1. The molecule has 2 amide bonds. The van der Waals surface area contributed by atoms with E-state index in [1.54, 1.807) is 37.4 Å². The maximum Gasteiger partial charge on any atom is 0.413 e.